The third-order valence-corrected chi connectivity index (χ3v) is 4.18. The van der Waals surface area contributed by atoms with E-state index in [1.165, 1.54) is 32.1 Å². The fraction of sp³-hybridized carbons (Fsp3) is 0.571. The molecule has 0 radical (unpaired) electrons. The molecule has 2 fully saturated rings. The minimum atomic E-state index is 0.579. The highest BCUT2D eigenvalue weighted by Crippen LogP contribution is 2.40. The van der Waals surface area contributed by atoms with Crippen LogP contribution in [-0.2, 0) is 0 Å². The SMILES string of the molecule is C1=CC2CCC(C1)N2c1ccnc(C2CC2)n1. The number of nitrogens with zero attached hydrogens (tertiary/aromatic N) is 3. The topological polar surface area (TPSA) is 29.0 Å². The molecule has 3 nitrogen and oxygen atoms in total. The Bertz CT molecular complexity index is 464. The highest BCUT2D eigenvalue weighted by molar-refractivity contribution is 5.46. The maximum Gasteiger partial charge on any atom is 0.133 e. The average Bonchev–Trinajstić information content (AvgIpc) is 3.17. The summed E-state index contributed by atoms with van der Waals surface area (Å²) in [6.07, 6.45) is 12.9. The van der Waals surface area contributed by atoms with Crippen LogP contribution >= 0.6 is 0 Å². The molecule has 4 rings (SSSR count). The van der Waals surface area contributed by atoms with Crippen molar-refractivity contribution in [2.45, 2.75) is 50.1 Å². The molecular weight excluding hydrogens is 210 g/mol. The van der Waals surface area contributed by atoms with E-state index in [2.05, 4.69) is 28.1 Å². The molecule has 1 saturated carbocycles. The molecule has 2 unspecified atom stereocenters. The molecule has 3 heteroatoms. The second-order valence-electron chi connectivity index (χ2n) is 5.42. The quantitative estimate of drug-likeness (QED) is 0.727. The molecule has 1 aliphatic carbocycles. The zero-order valence-electron chi connectivity index (χ0n) is 9.92. The van der Waals surface area contributed by atoms with Gasteiger partial charge in [-0.05, 0) is 38.2 Å². The van der Waals surface area contributed by atoms with Crippen molar-refractivity contribution in [3.63, 3.8) is 0 Å². The second-order valence-corrected chi connectivity index (χ2v) is 5.42. The number of hydrogen-bond donors (Lipinski definition) is 0. The molecule has 1 aromatic heterocycles. The monoisotopic (exact) mass is 227 g/mol. The lowest BCUT2D eigenvalue weighted by molar-refractivity contribution is 0.637. The molecule has 1 saturated heterocycles. The van der Waals surface area contributed by atoms with Crippen LogP contribution in [0.3, 0.4) is 0 Å². The fourth-order valence-electron chi connectivity index (χ4n) is 3.13. The molecule has 17 heavy (non-hydrogen) atoms. The summed E-state index contributed by atoms with van der Waals surface area (Å²) < 4.78 is 0. The van der Waals surface area contributed by atoms with Crippen molar-refractivity contribution in [2.24, 2.45) is 0 Å². The van der Waals surface area contributed by atoms with Crippen LogP contribution in [0.5, 0.6) is 0 Å². The van der Waals surface area contributed by atoms with Crippen molar-refractivity contribution in [3.05, 3.63) is 30.2 Å². The van der Waals surface area contributed by atoms with E-state index in [1.54, 1.807) is 0 Å². The van der Waals surface area contributed by atoms with Gasteiger partial charge in [0.25, 0.3) is 0 Å². The first-order valence-electron chi connectivity index (χ1n) is 6.70. The van der Waals surface area contributed by atoms with E-state index in [1.807, 2.05) is 6.20 Å². The smallest absolute Gasteiger partial charge is 0.133 e. The third kappa shape index (κ3) is 1.56. The van der Waals surface area contributed by atoms with E-state index in [4.69, 9.17) is 4.98 Å². The van der Waals surface area contributed by atoms with Crippen LogP contribution in [0.25, 0.3) is 0 Å². The van der Waals surface area contributed by atoms with E-state index in [0.29, 0.717) is 18.0 Å². The van der Waals surface area contributed by atoms with Gasteiger partial charge < -0.3 is 4.90 Å². The van der Waals surface area contributed by atoms with Gasteiger partial charge in [0, 0.05) is 24.2 Å². The van der Waals surface area contributed by atoms with E-state index < -0.39 is 0 Å². The fourth-order valence-corrected chi connectivity index (χ4v) is 3.13. The van der Waals surface area contributed by atoms with Crippen molar-refractivity contribution in [3.8, 4) is 0 Å². The lowest BCUT2D eigenvalue weighted by Gasteiger charge is -2.32. The number of aromatic nitrogens is 2. The highest BCUT2D eigenvalue weighted by atomic mass is 15.3. The molecule has 0 amide bonds. The Kier molecular flexibility index (Phi) is 2.01. The molecular formula is C14H17N3. The largest absolute Gasteiger partial charge is 0.347 e. The van der Waals surface area contributed by atoms with Crippen LogP contribution in [0.4, 0.5) is 5.82 Å². The molecule has 2 atom stereocenters. The second kappa shape index (κ2) is 3.56. The van der Waals surface area contributed by atoms with Crippen molar-refractivity contribution >= 4 is 5.82 Å². The summed E-state index contributed by atoms with van der Waals surface area (Å²) in [5, 5.41) is 0. The Labute approximate surface area is 102 Å². The van der Waals surface area contributed by atoms with Gasteiger partial charge in [-0.25, -0.2) is 9.97 Å². The van der Waals surface area contributed by atoms with Crippen molar-refractivity contribution < 1.29 is 0 Å². The summed E-state index contributed by atoms with van der Waals surface area (Å²) in [5.74, 6) is 2.86. The molecule has 3 heterocycles. The van der Waals surface area contributed by atoms with E-state index in [-0.39, 0.29) is 0 Å². The van der Waals surface area contributed by atoms with Gasteiger partial charge in [0.1, 0.15) is 11.6 Å². The van der Waals surface area contributed by atoms with E-state index in [9.17, 15) is 0 Å². The first-order valence-corrected chi connectivity index (χ1v) is 6.70. The van der Waals surface area contributed by atoms with Crippen molar-refractivity contribution in [1.82, 2.24) is 9.97 Å². The summed E-state index contributed by atoms with van der Waals surface area (Å²) in [4.78, 5) is 11.7. The van der Waals surface area contributed by atoms with Gasteiger partial charge in [-0.2, -0.15) is 0 Å². The maximum atomic E-state index is 4.78. The predicted octanol–water partition coefficient (Wildman–Crippen LogP) is 2.65. The summed E-state index contributed by atoms with van der Waals surface area (Å²) >= 11 is 0. The Morgan fingerprint density at radius 2 is 2.12 bits per heavy atom. The number of anilines is 1. The first-order chi connectivity index (χ1) is 8.42. The van der Waals surface area contributed by atoms with Gasteiger partial charge in [-0.3, -0.25) is 0 Å². The summed E-state index contributed by atoms with van der Waals surface area (Å²) in [6, 6.07) is 3.33. The molecule has 0 spiro atoms. The van der Waals surface area contributed by atoms with Gasteiger partial charge >= 0.3 is 0 Å². The Hall–Kier alpha value is -1.38. The summed E-state index contributed by atoms with van der Waals surface area (Å²) in [6.45, 7) is 0. The summed E-state index contributed by atoms with van der Waals surface area (Å²) in [5.41, 5.74) is 0. The van der Waals surface area contributed by atoms with Gasteiger partial charge in [-0.15, -0.1) is 0 Å². The number of hydrogen-bond acceptors (Lipinski definition) is 3. The molecule has 2 bridgehead atoms. The van der Waals surface area contributed by atoms with Gasteiger partial charge in [-0.1, -0.05) is 12.2 Å². The molecule has 1 aromatic rings. The van der Waals surface area contributed by atoms with E-state index in [0.717, 1.165) is 11.6 Å². The summed E-state index contributed by atoms with van der Waals surface area (Å²) in [7, 11) is 0. The van der Waals surface area contributed by atoms with Crippen LogP contribution in [0, 0.1) is 0 Å². The Morgan fingerprint density at radius 1 is 1.18 bits per heavy atom. The minimum Gasteiger partial charge on any atom is -0.347 e. The van der Waals surface area contributed by atoms with Gasteiger partial charge in [0.05, 0.1) is 0 Å². The first kappa shape index (κ1) is 9.63. The predicted molar refractivity (Wildman–Crippen MR) is 67.1 cm³/mol. The van der Waals surface area contributed by atoms with Gasteiger partial charge in [0.15, 0.2) is 0 Å². The third-order valence-electron chi connectivity index (χ3n) is 4.18. The van der Waals surface area contributed by atoms with Crippen LogP contribution in [0.15, 0.2) is 24.4 Å². The molecule has 0 N–H and O–H groups in total. The maximum absolute atomic E-state index is 4.78. The van der Waals surface area contributed by atoms with Crippen LogP contribution < -0.4 is 4.90 Å². The zero-order chi connectivity index (χ0) is 11.2. The van der Waals surface area contributed by atoms with Crippen LogP contribution in [0.2, 0.25) is 0 Å². The number of fused-ring (bicyclic) bond motifs is 2. The number of rotatable bonds is 2. The lowest BCUT2D eigenvalue weighted by atomic mass is 10.1. The van der Waals surface area contributed by atoms with Crippen LogP contribution in [-0.4, -0.2) is 22.1 Å². The highest BCUT2D eigenvalue weighted by Gasteiger charge is 2.35. The molecule has 2 aliphatic heterocycles. The van der Waals surface area contributed by atoms with Crippen LogP contribution in [0.1, 0.15) is 43.8 Å². The lowest BCUT2D eigenvalue weighted by Crippen LogP contribution is -2.38. The Balaban J connectivity index is 1.69. The molecule has 3 aliphatic rings. The normalized spacial score (nSPS) is 30.9. The molecule has 88 valence electrons. The van der Waals surface area contributed by atoms with Crippen molar-refractivity contribution in [1.29, 1.82) is 0 Å². The van der Waals surface area contributed by atoms with Gasteiger partial charge in [0.2, 0.25) is 0 Å². The van der Waals surface area contributed by atoms with Crippen molar-refractivity contribution in [2.75, 3.05) is 4.90 Å². The minimum absolute atomic E-state index is 0.579. The zero-order valence-corrected chi connectivity index (χ0v) is 9.92. The molecule has 0 aromatic carbocycles. The average molecular weight is 227 g/mol. The standard InChI is InChI=1S/C14H17N3/c1-2-11-6-7-12(3-1)17(11)13-8-9-15-14(16-13)10-4-5-10/h1-2,8-12H,3-7H2. The van der Waals surface area contributed by atoms with E-state index >= 15 is 0 Å². The Morgan fingerprint density at radius 3 is 2.94 bits per heavy atom.